The Morgan fingerprint density at radius 3 is 2.62 bits per heavy atom. The van der Waals surface area contributed by atoms with E-state index in [9.17, 15) is 5.11 Å². The minimum Gasteiger partial charge on any atom is -0.497 e. The highest BCUT2D eigenvalue weighted by atomic mass is 16.8. The Balaban J connectivity index is 1.70. The molecule has 1 heterocycles. The summed E-state index contributed by atoms with van der Waals surface area (Å²) in [7, 11) is 1.65. The molecule has 1 N–H and O–H groups in total. The molecule has 5 heteroatoms. The van der Waals surface area contributed by atoms with E-state index in [0.29, 0.717) is 13.2 Å². The number of aliphatic hydroxyl groups is 1. The van der Waals surface area contributed by atoms with Crippen molar-refractivity contribution in [1.29, 1.82) is 0 Å². The monoisotopic (exact) mass is 364 g/mol. The van der Waals surface area contributed by atoms with Crippen LogP contribution in [0.1, 0.15) is 45.6 Å². The first-order valence-corrected chi connectivity index (χ1v) is 9.36. The molecule has 1 aromatic rings. The maximum Gasteiger partial charge on any atom is 0.163 e. The summed E-state index contributed by atoms with van der Waals surface area (Å²) in [4.78, 5) is 0. The molecular formula is C21H32O5. The lowest BCUT2D eigenvalue weighted by Crippen LogP contribution is -2.34. The van der Waals surface area contributed by atoms with Crippen molar-refractivity contribution in [3.05, 3.63) is 42.0 Å². The molecule has 2 unspecified atom stereocenters. The van der Waals surface area contributed by atoms with Gasteiger partial charge in [0.15, 0.2) is 5.79 Å². The lowest BCUT2D eigenvalue weighted by molar-refractivity contribution is -0.152. The molecule has 0 aromatic heterocycles. The van der Waals surface area contributed by atoms with Gasteiger partial charge in [-0.2, -0.15) is 0 Å². The molecule has 0 spiro atoms. The van der Waals surface area contributed by atoms with Gasteiger partial charge in [0.05, 0.1) is 26.4 Å². The molecule has 146 valence electrons. The average Bonchev–Trinajstić information content (AvgIpc) is 2.93. The molecule has 3 atom stereocenters. The van der Waals surface area contributed by atoms with Crippen LogP contribution in [0.2, 0.25) is 0 Å². The van der Waals surface area contributed by atoms with Crippen LogP contribution in [0.3, 0.4) is 0 Å². The van der Waals surface area contributed by atoms with Crippen LogP contribution in [0.25, 0.3) is 0 Å². The van der Waals surface area contributed by atoms with Gasteiger partial charge in [-0.3, -0.25) is 0 Å². The largest absolute Gasteiger partial charge is 0.497 e. The summed E-state index contributed by atoms with van der Waals surface area (Å²) in [5.74, 6) is 0.203. The average molecular weight is 364 g/mol. The summed E-state index contributed by atoms with van der Waals surface area (Å²) in [6, 6.07) is 7.83. The van der Waals surface area contributed by atoms with Gasteiger partial charge in [0.25, 0.3) is 0 Å². The van der Waals surface area contributed by atoms with Gasteiger partial charge in [0, 0.05) is 0 Å². The van der Waals surface area contributed by atoms with E-state index in [1.807, 2.05) is 44.2 Å². The third kappa shape index (κ3) is 6.40. The van der Waals surface area contributed by atoms with E-state index < -0.39 is 11.9 Å². The number of hydrogen-bond donors (Lipinski definition) is 1. The fraction of sp³-hybridized carbons (Fsp3) is 0.619. The summed E-state index contributed by atoms with van der Waals surface area (Å²) in [5, 5.41) is 10.4. The molecular weight excluding hydrogens is 332 g/mol. The highest BCUT2D eigenvalue weighted by molar-refractivity contribution is 5.26. The van der Waals surface area contributed by atoms with Crippen molar-refractivity contribution in [2.45, 2.75) is 70.7 Å². The van der Waals surface area contributed by atoms with Crippen molar-refractivity contribution in [2.24, 2.45) is 0 Å². The summed E-state index contributed by atoms with van der Waals surface area (Å²) in [5.41, 5.74) is 1.11. The lowest BCUT2D eigenvalue weighted by atomic mass is 10.0. The standard InChI is InChI=1S/C21H32O5/c1-5-8-19-20(26-21(2,3)25-19)18(22)9-6-7-14-24-15-16-10-12-17(23-4)13-11-16/h6,9-13,18-20,22H,5,7-8,14-15H2,1-4H3/t18?,19-,20?/m0/s1. The number of methoxy groups -OCH3 is 1. The van der Waals surface area contributed by atoms with Gasteiger partial charge in [-0.15, -0.1) is 0 Å². The fourth-order valence-electron chi connectivity index (χ4n) is 3.07. The van der Waals surface area contributed by atoms with Crippen molar-refractivity contribution in [3.8, 4) is 5.75 Å². The number of rotatable bonds is 10. The molecule has 1 aromatic carbocycles. The summed E-state index contributed by atoms with van der Waals surface area (Å²) >= 11 is 0. The van der Waals surface area contributed by atoms with Gasteiger partial charge in [-0.05, 0) is 44.4 Å². The van der Waals surface area contributed by atoms with E-state index in [-0.39, 0.29) is 12.2 Å². The van der Waals surface area contributed by atoms with Crippen LogP contribution in [0.5, 0.6) is 5.75 Å². The Labute approximate surface area is 156 Å². The van der Waals surface area contributed by atoms with Gasteiger partial charge >= 0.3 is 0 Å². The zero-order valence-electron chi connectivity index (χ0n) is 16.3. The summed E-state index contributed by atoms with van der Waals surface area (Å²) in [6.07, 6.45) is 5.28. The van der Waals surface area contributed by atoms with Gasteiger partial charge in [0.1, 0.15) is 18.0 Å². The molecule has 0 aliphatic carbocycles. The maximum absolute atomic E-state index is 10.4. The third-order valence-corrected chi connectivity index (χ3v) is 4.32. The second-order valence-corrected chi connectivity index (χ2v) is 7.04. The van der Waals surface area contributed by atoms with Crippen LogP contribution in [0.4, 0.5) is 0 Å². The molecule has 5 nitrogen and oxygen atoms in total. The Morgan fingerprint density at radius 1 is 1.23 bits per heavy atom. The maximum atomic E-state index is 10.4. The topological polar surface area (TPSA) is 57.2 Å². The van der Waals surface area contributed by atoms with Crippen molar-refractivity contribution < 1.29 is 24.1 Å². The first-order valence-electron chi connectivity index (χ1n) is 9.36. The van der Waals surface area contributed by atoms with E-state index in [2.05, 4.69) is 6.92 Å². The molecule has 1 aliphatic rings. The Morgan fingerprint density at radius 2 is 1.96 bits per heavy atom. The second-order valence-electron chi connectivity index (χ2n) is 7.04. The van der Waals surface area contributed by atoms with Crippen molar-refractivity contribution in [1.82, 2.24) is 0 Å². The predicted molar refractivity (Wildman–Crippen MR) is 101 cm³/mol. The molecule has 0 bridgehead atoms. The summed E-state index contributed by atoms with van der Waals surface area (Å²) < 4.78 is 22.5. The molecule has 0 saturated carbocycles. The summed E-state index contributed by atoms with van der Waals surface area (Å²) in [6.45, 7) is 7.04. The Kier molecular flexibility index (Phi) is 8.10. The van der Waals surface area contributed by atoms with Gasteiger partial charge < -0.3 is 24.1 Å². The zero-order valence-corrected chi connectivity index (χ0v) is 16.3. The third-order valence-electron chi connectivity index (χ3n) is 4.32. The van der Waals surface area contributed by atoms with Crippen molar-refractivity contribution >= 4 is 0 Å². The molecule has 0 amide bonds. The molecule has 2 rings (SSSR count). The molecule has 1 aliphatic heterocycles. The quantitative estimate of drug-likeness (QED) is 0.505. The number of aliphatic hydroxyl groups excluding tert-OH is 1. The van der Waals surface area contributed by atoms with Crippen LogP contribution >= 0.6 is 0 Å². The Hall–Kier alpha value is -1.40. The van der Waals surface area contributed by atoms with E-state index >= 15 is 0 Å². The van der Waals surface area contributed by atoms with Crippen LogP contribution in [0, 0.1) is 0 Å². The molecule has 0 radical (unpaired) electrons. The second kappa shape index (κ2) is 10.1. The van der Waals surface area contributed by atoms with Crippen LogP contribution in [-0.2, 0) is 20.8 Å². The molecule has 1 saturated heterocycles. The predicted octanol–water partition coefficient (Wildman–Crippen LogP) is 3.84. The highest BCUT2D eigenvalue weighted by Gasteiger charge is 2.43. The van der Waals surface area contributed by atoms with Crippen LogP contribution < -0.4 is 4.74 Å². The van der Waals surface area contributed by atoms with E-state index in [0.717, 1.165) is 30.6 Å². The van der Waals surface area contributed by atoms with Gasteiger partial charge in [0.2, 0.25) is 0 Å². The van der Waals surface area contributed by atoms with E-state index in [1.165, 1.54) is 0 Å². The molecule has 26 heavy (non-hydrogen) atoms. The van der Waals surface area contributed by atoms with Crippen molar-refractivity contribution in [3.63, 3.8) is 0 Å². The van der Waals surface area contributed by atoms with Gasteiger partial charge in [-0.25, -0.2) is 0 Å². The highest BCUT2D eigenvalue weighted by Crippen LogP contribution is 2.32. The van der Waals surface area contributed by atoms with Crippen molar-refractivity contribution in [2.75, 3.05) is 13.7 Å². The van der Waals surface area contributed by atoms with E-state index in [1.54, 1.807) is 13.2 Å². The minimum atomic E-state index is -0.671. The van der Waals surface area contributed by atoms with Gasteiger partial charge in [-0.1, -0.05) is 37.6 Å². The molecule has 1 fully saturated rings. The lowest BCUT2D eigenvalue weighted by Gasteiger charge is -2.19. The van der Waals surface area contributed by atoms with E-state index in [4.69, 9.17) is 18.9 Å². The normalized spacial score (nSPS) is 23.4. The minimum absolute atomic E-state index is 0.0685. The smallest absolute Gasteiger partial charge is 0.163 e. The Bertz CT molecular complexity index is 552. The number of hydrogen-bond acceptors (Lipinski definition) is 5. The zero-order chi connectivity index (χ0) is 19.0. The van der Waals surface area contributed by atoms with Crippen LogP contribution in [-0.4, -0.2) is 42.9 Å². The fourth-order valence-corrected chi connectivity index (χ4v) is 3.07. The number of benzene rings is 1. The SMILES string of the molecule is CCC[C@@H]1OC(C)(C)OC1C(O)C=CCCOCc1ccc(OC)cc1. The number of ether oxygens (including phenoxy) is 4. The van der Waals surface area contributed by atoms with Crippen LogP contribution in [0.15, 0.2) is 36.4 Å². The first kappa shape index (κ1) is 20.9. The first-order chi connectivity index (χ1) is 12.4.